The molecule has 1 saturated heterocycles. The van der Waals surface area contributed by atoms with Crippen molar-refractivity contribution in [3.63, 3.8) is 0 Å². The molecule has 6 nitrogen and oxygen atoms in total. The van der Waals surface area contributed by atoms with E-state index < -0.39 is 12.2 Å². The van der Waals surface area contributed by atoms with E-state index in [1.807, 2.05) is 4.90 Å². The number of fused-ring (bicyclic) bond motifs is 1. The summed E-state index contributed by atoms with van der Waals surface area (Å²) in [4.78, 5) is 6.39. The van der Waals surface area contributed by atoms with E-state index in [4.69, 9.17) is 9.84 Å². The van der Waals surface area contributed by atoms with Crippen molar-refractivity contribution in [2.45, 2.75) is 37.2 Å². The Morgan fingerprint density at radius 1 is 1.29 bits per heavy atom. The standard InChI is InChI=1S/C11H18N2O4/c14-5-6-4-7-8(10(16)9(6)15)12-11(17-7)13-2-1-3-13/h6-10,14-16H,1-5H2. The van der Waals surface area contributed by atoms with Gasteiger partial charge >= 0.3 is 0 Å². The van der Waals surface area contributed by atoms with Crippen molar-refractivity contribution in [1.82, 2.24) is 4.90 Å². The molecule has 96 valence electrons. The van der Waals surface area contributed by atoms with Gasteiger partial charge in [0.25, 0.3) is 6.02 Å². The summed E-state index contributed by atoms with van der Waals surface area (Å²) in [6, 6.07) is 0.208. The topological polar surface area (TPSA) is 85.5 Å². The molecular formula is C11H18N2O4. The number of aliphatic hydroxyl groups is 3. The van der Waals surface area contributed by atoms with Crippen LogP contribution in [0.2, 0.25) is 0 Å². The largest absolute Gasteiger partial charge is 0.459 e. The highest BCUT2D eigenvalue weighted by molar-refractivity contribution is 5.76. The first-order valence-corrected chi connectivity index (χ1v) is 6.17. The Labute approximate surface area is 99.5 Å². The minimum absolute atomic E-state index is 0.135. The highest BCUT2D eigenvalue weighted by atomic mass is 16.5. The maximum absolute atomic E-state index is 9.97. The molecule has 0 spiro atoms. The minimum atomic E-state index is -0.940. The molecule has 17 heavy (non-hydrogen) atoms. The van der Waals surface area contributed by atoms with Gasteiger partial charge in [-0.3, -0.25) is 0 Å². The van der Waals surface area contributed by atoms with Gasteiger partial charge in [0.2, 0.25) is 0 Å². The van der Waals surface area contributed by atoms with Gasteiger partial charge in [-0.1, -0.05) is 0 Å². The summed E-state index contributed by atoms with van der Waals surface area (Å²) in [5.41, 5.74) is 0. The minimum Gasteiger partial charge on any atom is -0.459 e. The molecule has 0 aromatic carbocycles. The maximum Gasteiger partial charge on any atom is 0.288 e. The lowest BCUT2D eigenvalue weighted by Gasteiger charge is -2.37. The van der Waals surface area contributed by atoms with Gasteiger partial charge in [0.15, 0.2) is 0 Å². The van der Waals surface area contributed by atoms with Crippen LogP contribution in [0.5, 0.6) is 0 Å². The number of hydrogen-bond donors (Lipinski definition) is 3. The smallest absolute Gasteiger partial charge is 0.288 e. The van der Waals surface area contributed by atoms with Gasteiger partial charge in [0.1, 0.15) is 18.2 Å². The van der Waals surface area contributed by atoms with Crippen LogP contribution >= 0.6 is 0 Å². The predicted octanol–water partition coefficient (Wildman–Crippen LogP) is -1.45. The average Bonchev–Trinajstić information content (AvgIpc) is 2.64. The Balaban J connectivity index is 1.74. The Kier molecular flexibility index (Phi) is 2.72. The Morgan fingerprint density at radius 2 is 2.06 bits per heavy atom. The van der Waals surface area contributed by atoms with Crippen molar-refractivity contribution in [3.05, 3.63) is 0 Å². The average molecular weight is 242 g/mol. The van der Waals surface area contributed by atoms with Crippen LogP contribution in [0.15, 0.2) is 4.99 Å². The van der Waals surface area contributed by atoms with Crippen LogP contribution in [0.1, 0.15) is 12.8 Å². The van der Waals surface area contributed by atoms with Crippen LogP contribution in [0.25, 0.3) is 0 Å². The molecule has 1 aliphatic carbocycles. The lowest BCUT2D eigenvalue weighted by molar-refractivity contribution is -0.0957. The van der Waals surface area contributed by atoms with Gasteiger partial charge in [0, 0.05) is 25.6 Å². The van der Waals surface area contributed by atoms with Crippen molar-refractivity contribution < 1.29 is 20.1 Å². The van der Waals surface area contributed by atoms with Crippen LogP contribution in [0.3, 0.4) is 0 Å². The van der Waals surface area contributed by atoms with E-state index in [9.17, 15) is 10.2 Å². The summed E-state index contributed by atoms with van der Waals surface area (Å²) < 4.78 is 5.71. The number of ether oxygens (including phenoxy) is 1. The zero-order chi connectivity index (χ0) is 12.0. The van der Waals surface area contributed by atoms with Gasteiger partial charge in [-0.15, -0.1) is 0 Å². The number of nitrogens with zero attached hydrogens (tertiary/aromatic N) is 2. The lowest BCUT2D eigenvalue weighted by Crippen LogP contribution is -2.52. The van der Waals surface area contributed by atoms with Crippen molar-refractivity contribution >= 4 is 6.02 Å². The summed E-state index contributed by atoms with van der Waals surface area (Å²) in [7, 11) is 0. The monoisotopic (exact) mass is 242 g/mol. The molecule has 0 aromatic heterocycles. The van der Waals surface area contributed by atoms with E-state index >= 15 is 0 Å². The molecule has 5 atom stereocenters. The summed E-state index contributed by atoms with van der Waals surface area (Å²) in [6.07, 6.45) is -0.377. The van der Waals surface area contributed by atoms with Gasteiger partial charge in [-0.25, -0.2) is 4.99 Å². The van der Waals surface area contributed by atoms with Gasteiger partial charge < -0.3 is 25.0 Å². The summed E-state index contributed by atoms with van der Waals surface area (Å²) in [6.45, 7) is 1.75. The van der Waals surface area contributed by atoms with Crippen molar-refractivity contribution in [3.8, 4) is 0 Å². The van der Waals surface area contributed by atoms with Crippen molar-refractivity contribution in [1.29, 1.82) is 0 Å². The van der Waals surface area contributed by atoms with Crippen LogP contribution in [-0.2, 0) is 4.74 Å². The molecule has 3 rings (SSSR count). The van der Waals surface area contributed by atoms with Gasteiger partial charge in [0.05, 0.1) is 6.10 Å². The van der Waals surface area contributed by atoms with Crippen LogP contribution in [-0.4, -0.2) is 70.3 Å². The SMILES string of the molecule is OCC1CC2OC(N3CCC3)=NC2C(O)C1O. The fourth-order valence-electron chi connectivity index (χ4n) is 2.69. The number of aliphatic hydroxyl groups excluding tert-OH is 3. The van der Waals surface area contributed by atoms with Gasteiger partial charge in [-0.05, 0) is 12.8 Å². The van der Waals surface area contributed by atoms with E-state index in [2.05, 4.69) is 4.99 Å². The van der Waals surface area contributed by atoms with E-state index in [-0.39, 0.29) is 24.7 Å². The van der Waals surface area contributed by atoms with Crippen LogP contribution < -0.4 is 0 Å². The summed E-state index contributed by atoms with van der Waals surface area (Å²) >= 11 is 0. The maximum atomic E-state index is 9.97. The Bertz CT molecular complexity index is 331. The molecule has 0 amide bonds. The highest BCUT2D eigenvalue weighted by Gasteiger charge is 2.48. The molecule has 2 aliphatic heterocycles. The zero-order valence-corrected chi connectivity index (χ0v) is 9.57. The number of rotatable bonds is 1. The molecule has 3 N–H and O–H groups in total. The molecule has 1 saturated carbocycles. The molecule has 0 aromatic rings. The fraction of sp³-hybridized carbons (Fsp3) is 0.909. The molecule has 0 bridgehead atoms. The molecule has 2 heterocycles. The molecule has 2 fully saturated rings. The predicted molar refractivity (Wildman–Crippen MR) is 59.5 cm³/mol. The summed E-state index contributed by atoms with van der Waals surface area (Å²) in [5.74, 6) is -0.322. The molecule has 5 unspecified atom stereocenters. The highest BCUT2D eigenvalue weighted by Crippen LogP contribution is 2.34. The summed E-state index contributed by atoms with van der Waals surface area (Å²) in [5, 5.41) is 29.0. The van der Waals surface area contributed by atoms with E-state index in [0.29, 0.717) is 12.4 Å². The third-order valence-corrected chi connectivity index (χ3v) is 3.98. The lowest BCUT2D eigenvalue weighted by atomic mass is 9.80. The van der Waals surface area contributed by atoms with E-state index in [1.54, 1.807) is 0 Å². The van der Waals surface area contributed by atoms with Crippen LogP contribution in [0, 0.1) is 5.92 Å². The molecule has 6 heteroatoms. The van der Waals surface area contributed by atoms with E-state index in [1.165, 1.54) is 0 Å². The second-order valence-corrected chi connectivity index (χ2v) is 5.06. The van der Waals surface area contributed by atoms with Gasteiger partial charge in [-0.2, -0.15) is 0 Å². The molecular weight excluding hydrogens is 224 g/mol. The number of hydrogen-bond acceptors (Lipinski definition) is 6. The Morgan fingerprint density at radius 3 is 2.65 bits per heavy atom. The Hall–Kier alpha value is -0.850. The quantitative estimate of drug-likeness (QED) is 0.524. The first kappa shape index (κ1) is 11.3. The molecule has 0 radical (unpaired) electrons. The second-order valence-electron chi connectivity index (χ2n) is 5.06. The number of amidine groups is 1. The van der Waals surface area contributed by atoms with E-state index in [0.717, 1.165) is 19.5 Å². The third kappa shape index (κ3) is 1.71. The number of aliphatic imine (C=N–C) groups is 1. The fourth-order valence-corrected chi connectivity index (χ4v) is 2.69. The van der Waals surface area contributed by atoms with Crippen LogP contribution in [0.4, 0.5) is 0 Å². The first-order valence-electron chi connectivity index (χ1n) is 6.17. The molecule has 3 aliphatic rings. The third-order valence-electron chi connectivity index (χ3n) is 3.98. The zero-order valence-electron chi connectivity index (χ0n) is 9.57. The van der Waals surface area contributed by atoms with Crippen molar-refractivity contribution in [2.24, 2.45) is 10.9 Å². The van der Waals surface area contributed by atoms with Crippen molar-refractivity contribution in [2.75, 3.05) is 19.7 Å². The number of likely N-dealkylation sites (tertiary alicyclic amines) is 1. The first-order chi connectivity index (χ1) is 8.20. The second kappa shape index (κ2) is 4.12. The normalized spacial score (nSPS) is 44.8.